The lowest BCUT2D eigenvalue weighted by Gasteiger charge is -2.26. The molecule has 1 N–H and O–H groups in total. The largest absolute Gasteiger partial charge is 0.352 e. The van der Waals surface area contributed by atoms with Crippen LogP contribution in [0.4, 0.5) is 0 Å². The molecule has 0 saturated carbocycles. The van der Waals surface area contributed by atoms with Crippen molar-refractivity contribution in [3.63, 3.8) is 0 Å². The van der Waals surface area contributed by atoms with Gasteiger partial charge in [-0.25, -0.2) is 0 Å². The maximum atomic E-state index is 12.2. The van der Waals surface area contributed by atoms with Crippen LogP contribution in [0.5, 0.6) is 0 Å². The highest BCUT2D eigenvalue weighted by Crippen LogP contribution is 2.20. The Bertz CT molecular complexity index is 477. The molecule has 21 heavy (non-hydrogen) atoms. The molecule has 2 rings (SSSR count). The molecule has 0 aliphatic carbocycles. The van der Waals surface area contributed by atoms with E-state index in [1.807, 2.05) is 0 Å². The van der Waals surface area contributed by atoms with Crippen LogP contribution in [0.3, 0.4) is 0 Å². The topological polar surface area (TPSA) is 59.8 Å². The lowest BCUT2D eigenvalue weighted by atomic mass is 9.98. The summed E-state index contributed by atoms with van der Waals surface area (Å²) in [6, 6.07) is 0.216. The third-order valence-corrected chi connectivity index (χ3v) is 4.49. The molecule has 0 fully saturated rings. The number of rotatable bonds is 6. The van der Waals surface area contributed by atoms with Crippen molar-refractivity contribution in [2.75, 3.05) is 0 Å². The third kappa shape index (κ3) is 3.83. The summed E-state index contributed by atoms with van der Waals surface area (Å²) in [7, 11) is 0. The summed E-state index contributed by atoms with van der Waals surface area (Å²) in [5.41, 5.74) is 0. The average Bonchev–Trinajstić information content (AvgIpc) is 2.88. The van der Waals surface area contributed by atoms with E-state index in [4.69, 9.17) is 0 Å². The van der Waals surface area contributed by atoms with Gasteiger partial charge in [-0.15, -0.1) is 10.2 Å². The number of fused-ring (bicyclic) bond motifs is 1. The minimum atomic E-state index is 0.191. The summed E-state index contributed by atoms with van der Waals surface area (Å²) in [5.74, 6) is 3.15. The first kappa shape index (κ1) is 16.0. The fourth-order valence-electron chi connectivity index (χ4n) is 3.02. The first-order chi connectivity index (χ1) is 10.0. The van der Waals surface area contributed by atoms with Gasteiger partial charge in [0.2, 0.25) is 5.91 Å². The van der Waals surface area contributed by atoms with E-state index in [0.29, 0.717) is 18.3 Å². The van der Waals surface area contributed by atoms with Crippen LogP contribution in [0, 0.1) is 5.92 Å². The molecular weight excluding hydrogens is 264 g/mol. The molecule has 0 aromatic carbocycles. The van der Waals surface area contributed by atoms with Crippen molar-refractivity contribution in [1.29, 1.82) is 0 Å². The van der Waals surface area contributed by atoms with Gasteiger partial charge < -0.3 is 9.88 Å². The monoisotopic (exact) mass is 292 g/mol. The normalized spacial score (nSPS) is 18.1. The Labute approximate surface area is 127 Å². The predicted molar refractivity (Wildman–Crippen MR) is 83.1 cm³/mol. The highest BCUT2D eigenvalue weighted by atomic mass is 16.1. The van der Waals surface area contributed by atoms with Gasteiger partial charge in [-0.1, -0.05) is 40.5 Å². The van der Waals surface area contributed by atoms with E-state index < -0.39 is 0 Å². The van der Waals surface area contributed by atoms with Gasteiger partial charge in [0.15, 0.2) is 0 Å². The van der Waals surface area contributed by atoms with E-state index in [9.17, 15) is 4.79 Å². The first-order valence-corrected chi connectivity index (χ1v) is 8.26. The van der Waals surface area contributed by atoms with Crippen molar-refractivity contribution in [1.82, 2.24) is 20.1 Å². The molecule has 0 radical (unpaired) electrons. The Hall–Kier alpha value is -1.39. The van der Waals surface area contributed by atoms with E-state index >= 15 is 0 Å². The van der Waals surface area contributed by atoms with Gasteiger partial charge in [-0.2, -0.15) is 0 Å². The number of carbonyl (C=O) groups excluding carboxylic acids is 1. The van der Waals surface area contributed by atoms with Crippen LogP contribution in [-0.4, -0.2) is 26.7 Å². The van der Waals surface area contributed by atoms with Crippen LogP contribution in [-0.2, 0) is 17.8 Å². The second kappa shape index (κ2) is 7.05. The molecule has 1 atom stereocenters. The number of nitrogens with one attached hydrogen (secondary N) is 1. The van der Waals surface area contributed by atoms with Gasteiger partial charge in [0.1, 0.15) is 11.6 Å². The number of aromatic nitrogens is 3. The van der Waals surface area contributed by atoms with Crippen LogP contribution in [0.1, 0.15) is 70.9 Å². The van der Waals surface area contributed by atoms with Gasteiger partial charge in [0, 0.05) is 31.3 Å². The summed E-state index contributed by atoms with van der Waals surface area (Å²) < 4.78 is 2.19. The number of nitrogens with zero attached hydrogens (tertiary/aromatic N) is 3. The molecule has 1 aromatic rings. The maximum absolute atomic E-state index is 12.2. The Balaban J connectivity index is 1.95. The molecule has 0 bridgehead atoms. The van der Waals surface area contributed by atoms with Crippen LogP contribution < -0.4 is 5.32 Å². The van der Waals surface area contributed by atoms with Gasteiger partial charge in [0.25, 0.3) is 0 Å². The zero-order valence-electron chi connectivity index (χ0n) is 13.7. The lowest BCUT2D eigenvalue weighted by Crippen LogP contribution is -2.42. The fourth-order valence-corrected chi connectivity index (χ4v) is 3.02. The standard InChI is InChI=1S/C16H28N4O/c1-5-12(6-2)9-15(21)17-13-7-8-14-18-19-16(11(3)4)20(14)10-13/h11-13H,5-10H2,1-4H3,(H,17,21)/t13-/m0/s1. The Morgan fingerprint density at radius 3 is 2.67 bits per heavy atom. The molecule has 0 unspecified atom stereocenters. The first-order valence-electron chi connectivity index (χ1n) is 8.26. The van der Waals surface area contributed by atoms with Crippen molar-refractivity contribution in [3.05, 3.63) is 11.6 Å². The fraction of sp³-hybridized carbons (Fsp3) is 0.812. The highest BCUT2D eigenvalue weighted by molar-refractivity contribution is 5.76. The molecule has 1 aliphatic rings. The van der Waals surface area contributed by atoms with Crippen molar-refractivity contribution >= 4 is 5.91 Å². The summed E-state index contributed by atoms with van der Waals surface area (Å²) in [6.07, 6.45) is 4.65. The number of hydrogen-bond donors (Lipinski definition) is 1. The van der Waals surface area contributed by atoms with Gasteiger partial charge in [-0.05, 0) is 12.3 Å². The molecule has 5 heteroatoms. The van der Waals surface area contributed by atoms with Crippen molar-refractivity contribution < 1.29 is 4.79 Å². The maximum Gasteiger partial charge on any atom is 0.220 e. The molecule has 1 amide bonds. The van der Waals surface area contributed by atoms with E-state index in [2.05, 4.69) is 47.8 Å². The quantitative estimate of drug-likeness (QED) is 0.877. The van der Waals surface area contributed by atoms with Crippen LogP contribution in [0.15, 0.2) is 0 Å². The average molecular weight is 292 g/mol. The molecule has 5 nitrogen and oxygen atoms in total. The van der Waals surface area contributed by atoms with Crippen molar-refractivity contribution in [2.45, 2.75) is 78.3 Å². The third-order valence-electron chi connectivity index (χ3n) is 4.49. The van der Waals surface area contributed by atoms with E-state index in [-0.39, 0.29) is 11.9 Å². The zero-order chi connectivity index (χ0) is 15.4. The van der Waals surface area contributed by atoms with Gasteiger partial charge in [0.05, 0.1) is 0 Å². The van der Waals surface area contributed by atoms with Gasteiger partial charge >= 0.3 is 0 Å². The van der Waals surface area contributed by atoms with Crippen LogP contribution in [0.2, 0.25) is 0 Å². The van der Waals surface area contributed by atoms with E-state index in [0.717, 1.165) is 43.9 Å². The molecule has 0 spiro atoms. The summed E-state index contributed by atoms with van der Waals surface area (Å²) in [4.78, 5) is 12.2. The number of hydrogen-bond acceptors (Lipinski definition) is 3. The number of aryl methyl sites for hydroxylation is 1. The molecule has 2 heterocycles. The highest BCUT2D eigenvalue weighted by Gasteiger charge is 2.25. The second-order valence-electron chi connectivity index (χ2n) is 6.43. The Kier molecular flexibility index (Phi) is 5.37. The zero-order valence-corrected chi connectivity index (χ0v) is 13.7. The van der Waals surface area contributed by atoms with E-state index in [1.54, 1.807) is 0 Å². The Morgan fingerprint density at radius 2 is 2.05 bits per heavy atom. The summed E-state index contributed by atoms with van der Waals surface area (Å²) in [6.45, 7) is 9.38. The van der Waals surface area contributed by atoms with Crippen LogP contribution in [0.25, 0.3) is 0 Å². The van der Waals surface area contributed by atoms with Gasteiger partial charge in [-0.3, -0.25) is 4.79 Å². The van der Waals surface area contributed by atoms with Crippen molar-refractivity contribution in [3.8, 4) is 0 Å². The molecule has 1 aliphatic heterocycles. The SMILES string of the molecule is CCC(CC)CC(=O)N[C@H]1CCc2nnc(C(C)C)n2C1. The smallest absolute Gasteiger partial charge is 0.220 e. The number of carbonyl (C=O) groups is 1. The number of amides is 1. The second-order valence-corrected chi connectivity index (χ2v) is 6.43. The molecular formula is C16H28N4O. The van der Waals surface area contributed by atoms with Crippen molar-refractivity contribution in [2.24, 2.45) is 5.92 Å². The van der Waals surface area contributed by atoms with E-state index in [1.165, 1.54) is 0 Å². The lowest BCUT2D eigenvalue weighted by molar-refractivity contribution is -0.123. The molecule has 1 aromatic heterocycles. The summed E-state index contributed by atoms with van der Waals surface area (Å²) >= 11 is 0. The predicted octanol–water partition coefficient (Wildman–Crippen LogP) is 2.66. The summed E-state index contributed by atoms with van der Waals surface area (Å²) in [5, 5.41) is 11.8. The minimum Gasteiger partial charge on any atom is -0.352 e. The molecule has 118 valence electrons. The Morgan fingerprint density at radius 1 is 1.33 bits per heavy atom. The van der Waals surface area contributed by atoms with Crippen LogP contribution >= 0.6 is 0 Å². The molecule has 0 saturated heterocycles. The minimum absolute atomic E-state index is 0.191.